The van der Waals surface area contributed by atoms with Crippen molar-refractivity contribution in [1.29, 1.82) is 0 Å². The lowest BCUT2D eigenvalue weighted by molar-refractivity contribution is -0.384. The highest BCUT2D eigenvalue weighted by atomic mass is 16.6. The summed E-state index contributed by atoms with van der Waals surface area (Å²) < 4.78 is 12.2. The predicted molar refractivity (Wildman–Crippen MR) is 161 cm³/mol. The van der Waals surface area contributed by atoms with Crippen molar-refractivity contribution >= 4 is 29.2 Å². The van der Waals surface area contributed by atoms with Crippen LogP contribution in [0.2, 0.25) is 0 Å². The van der Waals surface area contributed by atoms with E-state index in [1.54, 1.807) is 36.4 Å². The quantitative estimate of drug-likeness (QED) is 0.0879. The normalized spacial score (nSPS) is 17.6. The molecule has 0 aliphatic carbocycles. The maximum Gasteiger partial charge on any atom is 0.312 e. The minimum atomic E-state index is -1.02. The number of carbonyl (C=O) groups excluding carboxylic acids is 2. The summed E-state index contributed by atoms with van der Waals surface area (Å²) in [6.07, 6.45) is 3.71. The van der Waals surface area contributed by atoms with Gasteiger partial charge in [0.25, 0.3) is 5.69 Å². The molecule has 43 heavy (non-hydrogen) atoms. The number of aromatic hydroxyl groups is 1. The van der Waals surface area contributed by atoms with Gasteiger partial charge in [-0.25, -0.2) is 0 Å². The molecule has 0 saturated heterocycles. The van der Waals surface area contributed by atoms with Crippen LogP contribution in [0.25, 0.3) is 6.08 Å². The molecule has 1 unspecified atom stereocenters. The fourth-order valence-electron chi connectivity index (χ4n) is 5.89. The number of ketones is 1. The molecule has 0 saturated carbocycles. The molecule has 9 nitrogen and oxygen atoms in total. The third-order valence-corrected chi connectivity index (χ3v) is 8.14. The Morgan fingerprint density at radius 3 is 2.47 bits per heavy atom. The number of fused-ring (bicyclic) bond motifs is 2. The Morgan fingerprint density at radius 1 is 0.977 bits per heavy atom. The highest BCUT2D eigenvalue weighted by Gasteiger charge is 2.58. The van der Waals surface area contributed by atoms with Crippen LogP contribution in [0.4, 0.5) is 11.4 Å². The Bertz CT molecular complexity index is 1800. The number of esters is 1. The van der Waals surface area contributed by atoms with Crippen LogP contribution in [0.5, 0.6) is 17.2 Å². The number of ether oxygens (including phenoxy) is 2. The molecule has 0 amide bonds. The van der Waals surface area contributed by atoms with Crippen LogP contribution in [-0.2, 0) is 10.2 Å². The molecule has 0 bridgehead atoms. The molecule has 4 aromatic rings. The molecule has 6 rings (SSSR count). The third kappa shape index (κ3) is 4.68. The number of nitro groups is 1. The van der Waals surface area contributed by atoms with Gasteiger partial charge in [-0.05, 0) is 55.8 Å². The summed E-state index contributed by atoms with van der Waals surface area (Å²) in [5, 5.41) is 21.8. The van der Waals surface area contributed by atoms with Crippen molar-refractivity contribution in [3.8, 4) is 17.2 Å². The topological polar surface area (TPSA) is 119 Å². The van der Waals surface area contributed by atoms with Gasteiger partial charge in [-0.15, -0.1) is 0 Å². The van der Waals surface area contributed by atoms with Gasteiger partial charge in [0.05, 0.1) is 22.3 Å². The SMILES string of the molecule is CC1(C)c2ccccc2N(CCC(=O)Oc2ccc(C(=O)c3ccccc3)c(O)c2)C12C=Cc1cc([N+](=O)[O-])ccc1O2. The lowest BCUT2D eigenvalue weighted by Crippen LogP contribution is -2.60. The zero-order valence-electron chi connectivity index (χ0n) is 23.5. The Kier molecular flexibility index (Phi) is 6.73. The fourth-order valence-corrected chi connectivity index (χ4v) is 5.89. The van der Waals surface area contributed by atoms with Crippen LogP contribution in [0.3, 0.4) is 0 Å². The Morgan fingerprint density at radius 2 is 1.72 bits per heavy atom. The first-order valence-corrected chi connectivity index (χ1v) is 13.8. The average Bonchev–Trinajstić information content (AvgIpc) is 3.18. The summed E-state index contributed by atoms with van der Waals surface area (Å²) >= 11 is 0. The highest BCUT2D eigenvalue weighted by molar-refractivity contribution is 6.10. The first kappa shape index (κ1) is 27.7. The number of non-ortho nitro benzene ring substituents is 1. The van der Waals surface area contributed by atoms with Crippen molar-refractivity contribution in [2.45, 2.75) is 31.4 Å². The van der Waals surface area contributed by atoms with Crippen molar-refractivity contribution in [2.24, 2.45) is 0 Å². The number of phenols is 1. The number of carbonyl (C=O) groups is 2. The van der Waals surface area contributed by atoms with Gasteiger partial charge in [0.15, 0.2) is 5.78 Å². The molecular formula is C34H28N2O7. The fraction of sp³-hybridized carbons (Fsp3) is 0.176. The van der Waals surface area contributed by atoms with Gasteiger partial charge in [-0.3, -0.25) is 19.7 Å². The summed E-state index contributed by atoms with van der Waals surface area (Å²) in [7, 11) is 0. The Balaban J connectivity index is 1.23. The number of hydrogen-bond donors (Lipinski definition) is 1. The van der Waals surface area contributed by atoms with Gasteiger partial charge in [0.2, 0.25) is 5.72 Å². The third-order valence-electron chi connectivity index (χ3n) is 8.14. The van der Waals surface area contributed by atoms with Crippen LogP contribution in [-0.4, -0.2) is 34.1 Å². The molecule has 4 aromatic carbocycles. The van der Waals surface area contributed by atoms with Gasteiger partial charge >= 0.3 is 5.97 Å². The van der Waals surface area contributed by atoms with Crippen LogP contribution in [0, 0.1) is 10.1 Å². The predicted octanol–water partition coefficient (Wildman–Crippen LogP) is 6.43. The lowest BCUT2D eigenvalue weighted by atomic mass is 9.76. The molecule has 2 aliphatic heterocycles. The molecule has 1 atom stereocenters. The number of hydrogen-bond acceptors (Lipinski definition) is 8. The first-order chi connectivity index (χ1) is 20.6. The van der Waals surface area contributed by atoms with Gasteiger partial charge in [-0.1, -0.05) is 48.5 Å². The summed E-state index contributed by atoms with van der Waals surface area (Å²) in [5.41, 5.74) is 1.47. The van der Waals surface area contributed by atoms with E-state index in [0.717, 1.165) is 11.3 Å². The van der Waals surface area contributed by atoms with Crippen LogP contribution in [0.15, 0.2) is 97.1 Å². The zero-order valence-corrected chi connectivity index (χ0v) is 23.5. The van der Waals surface area contributed by atoms with Gasteiger partial charge in [0.1, 0.15) is 17.2 Å². The van der Waals surface area contributed by atoms with E-state index in [1.807, 2.05) is 41.3 Å². The van der Waals surface area contributed by atoms with Gasteiger partial charge in [-0.2, -0.15) is 0 Å². The average molecular weight is 577 g/mol. The van der Waals surface area contributed by atoms with Gasteiger partial charge in [0, 0.05) is 41.6 Å². The van der Waals surface area contributed by atoms with E-state index in [2.05, 4.69) is 13.8 Å². The van der Waals surface area contributed by atoms with E-state index in [4.69, 9.17) is 9.47 Å². The van der Waals surface area contributed by atoms with Gasteiger partial charge < -0.3 is 19.5 Å². The number of nitro benzene ring substituents is 1. The van der Waals surface area contributed by atoms with E-state index >= 15 is 0 Å². The van der Waals surface area contributed by atoms with E-state index in [9.17, 15) is 24.8 Å². The lowest BCUT2D eigenvalue weighted by Gasteiger charge is -2.47. The van der Waals surface area contributed by atoms with E-state index < -0.39 is 22.0 Å². The Hall–Kier alpha value is -5.44. The molecule has 1 spiro atoms. The molecule has 0 fully saturated rings. The highest BCUT2D eigenvalue weighted by Crippen LogP contribution is 2.55. The van der Waals surface area contributed by atoms with Crippen LogP contribution < -0.4 is 14.4 Å². The number of benzene rings is 4. The summed E-state index contributed by atoms with van der Waals surface area (Å²) in [4.78, 5) is 38.7. The number of para-hydroxylation sites is 1. The Labute approximate surface area is 247 Å². The van der Waals surface area contributed by atoms with Crippen LogP contribution >= 0.6 is 0 Å². The molecule has 2 heterocycles. The van der Waals surface area contributed by atoms with E-state index in [1.165, 1.54) is 30.3 Å². The molecule has 0 radical (unpaired) electrons. The first-order valence-electron chi connectivity index (χ1n) is 13.8. The maximum absolute atomic E-state index is 13.0. The number of nitrogens with zero attached hydrogens (tertiary/aromatic N) is 2. The molecule has 1 N–H and O–H groups in total. The standard InChI is InChI=1S/C34H28N2O7/c1-33(2)27-10-6-7-11-28(27)35(34(33)18-16-23-20-24(36(40)41)12-15-30(23)43-34)19-17-31(38)42-25-13-14-26(29(37)21-25)32(39)22-8-4-3-5-9-22/h3-16,18,20-21,37H,17,19H2,1-2H3. The largest absolute Gasteiger partial charge is 0.507 e. The van der Waals surface area contributed by atoms with E-state index in [0.29, 0.717) is 16.9 Å². The number of phenolic OH excluding ortho intramolecular Hbond substituents is 1. The second-order valence-corrected chi connectivity index (χ2v) is 11.0. The van der Waals surface area contributed by atoms with Crippen molar-refractivity contribution in [2.75, 3.05) is 11.4 Å². The van der Waals surface area contributed by atoms with E-state index in [-0.39, 0.29) is 41.5 Å². The number of rotatable bonds is 7. The van der Waals surface area contributed by atoms with Crippen LogP contribution in [0.1, 0.15) is 47.3 Å². The smallest absolute Gasteiger partial charge is 0.312 e. The summed E-state index contributed by atoms with van der Waals surface area (Å²) in [5.74, 6) is -0.536. The minimum absolute atomic E-state index is 0.0120. The molecule has 216 valence electrons. The zero-order chi connectivity index (χ0) is 30.4. The summed E-state index contributed by atoms with van der Waals surface area (Å²) in [6.45, 7) is 4.36. The second kappa shape index (κ2) is 10.4. The van der Waals surface area contributed by atoms with Crippen molar-refractivity contribution in [3.05, 3.63) is 129 Å². The number of anilines is 1. The molecule has 2 aliphatic rings. The molecular weight excluding hydrogens is 548 g/mol. The maximum atomic E-state index is 13.0. The minimum Gasteiger partial charge on any atom is -0.507 e. The van der Waals surface area contributed by atoms with Crippen molar-refractivity contribution in [1.82, 2.24) is 0 Å². The second-order valence-electron chi connectivity index (χ2n) is 11.0. The molecule has 9 heteroatoms. The molecule has 0 aromatic heterocycles. The monoisotopic (exact) mass is 576 g/mol. The van der Waals surface area contributed by atoms with Crippen molar-refractivity contribution < 1.29 is 29.1 Å². The summed E-state index contributed by atoms with van der Waals surface area (Å²) in [6, 6.07) is 25.1. The van der Waals surface area contributed by atoms with Crippen molar-refractivity contribution in [3.63, 3.8) is 0 Å².